The number of methoxy groups -OCH3 is 2. The number of carbonyl (C=O) groups excluding carboxylic acids is 2. The molecule has 0 unspecified atom stereocenters. The van der Waals surface area contributed by atoms with Gasteiger partial charge < -0.3 is 14.2 Å². The predicted molar refractivity (Wildman–Crippen MR) is 116 cm³/mol. The van der Waals surface area contributed by atoms with E-state index in [9.17, 15) is 18.0 Å². The lowest BCUT2D eigenvalue weighted by atomic mass is 9.99. The molecule has 0 radical (unpaired) electrons. The summed E-state index contributed by atoms with van der Waals surface area (Å²) < 4.78 is 41.0. The van der Waals surface area contributed by atoms with Gasteiger partial charge in [0.25, 0.3) is 0 Å². The molecule has 0 spiro atoms. The smallest absolute Gasteiger partial charge is 0.338 e. The third-order valence-corrected chi connectivity index (χ3v) is 6.38. The number of hydrogen-bond donors (Lipinski definition) is 0. The van der Waals surface area contributed by atoms with Crippen LogP contribution in [-0.4, -0.2) is 53.8 Å². The van der Waals surface area contributed by atoms with Crippen LogP contribution in [0.3, 0.4) is 0 Å². The number of fused-ring (bicyclic) bond motifs is 1. The summed E-state index contributed by atoms with van der Waals surface area (Å²) in [7, 11) is -0.406. The van der Waals surface area contributed by atoms with Gasteiger partial charge in [0.1, 0.15) is 11.5 Å². The summed E-state index contributed by atoms with van der Waals surface area (Å²) >= 11 is 0. The molecule has 1 heterocycles. The number of anilines is 1. The average molecular weight is 448 g/mol. The Balaban J connectivity index is 1.74. The number of sulfonamides is 1. The highest BCUT2D eigenvalue weighted by atomic mass is 32.2. The van der Waals surface area contributed by atoms with Gasteiger partial charge in [-0.1, -0.05) is 0 Å². The normalized spacial score (nSPS) is 13.4. The van der Waals surface area contributed by atoms with Crippen molar-refractivity contribution in [2.45, 2.75) is 19.8 Å². The van der Waals surface area contributed by atoms with Crippen LogP contribution < -0.4 is 13.8 Å². The van der Waals surface area contributed by atoms with E-state index in [0.717, 1.165) is 17.4 Å². The Morgan fingerprint density at radius 3 is 2.26 bits per heavy atom. The molecule has 1 aliphatic rings. The van der Waals surface area contributed by atoms with Gasteiger partial charge in [0.15, 0.2) is 12.4 Å². The zero-order chi connectivity index (χ0) is 22.8. The van der Waals surface area contributed by atoms with E-state index in [-0.39, 0.29) is 11.3 Å². The minimum Gasteiger partial charge on any atom is -0.496 e. The topological polar surface area (TPSA) is 99.2 Å². The molecular formula is C22H25NO7S. The molecule has 2 aromatic rings. The van der Waals surface area contributed by atoms with E-state index in [2.05, 4.69) is 0 Å². The Morgan fingerprint density at radius 1 is 1.03 bits per heavy atom. The van der Waals surface area contributed by atoms with Crippen molar-refractivity contribution < 1.29 is 32.2 Å². The van der Waals surface area contributed by atoms with Gasteiger partial charge in [-0.15, -0.1) is 0 Å². The van der Waals surface area contributed by atoms with Crippen molar-refractivity contribution in [2.24, 2.45) is 0 Å². The van der Waals surface area contributed by atoms with Crippen LogP contribution in [0.2, 0.25) is 0 Å². The van der Waals surface area contributed by atoms with Crippen molar-refractivity contribution in [2.75, 3.05) is 37.9 Å². The fraction of sp³-hybridized carbons (Fsp3) is 0.364. The highest BCUT2D eigenvalue weighted by molar-refractivity contribution is 7.92. The molecule has 0 aliphatic carbocycles. The molecule has 0 N–H and O–H groups in total. The molecule has 0 saturated carbocycles. The second kappa shape index (κ2) is 8.97. The van der Waals surface area contributed by atoms with E-state index >= 15 is 0 Å². The van der Waals surface area contributed by atoms with Crippen molar-refractivity contribution in [3.05, 3.63) is 52.6 Å². The summed E-state index contributed by atoms with van der Waals surface area (Å²) in [4.78, 5) is 25.0. The first kappa shape index (κ1) is 22.6. The molecule has 166 valence electrons. The van der Waals surface area contributed by atoms with E-state index in [0.29, 0.717) is 42.1 Å². The maximum absolute atomic E-state index is 12.6. The van der Waals surface area contributed by atoms with E-state index in [1.54, 1.807) is 25.1 Å². The largest absolute Gasteiger partial charge is 0.496 e. The Kier molecular flexibility index (Phi) is 6.54. The number of carbonyl (C=O) groups is 2. The lowest BCUT2D eigenvalue weighted by Gasteiger charge is -2.29. The van der Waals surface area contributed by atoms with E-state index in [1.807, 2.05) is 0 Å². The molecule has 31 heavy (non-hydrogen) atoms. The van der Waals surface area contributed by atoms with Gasteiger partial charge in [-0.25, -0.2) is 13.2 Å². The number of aryl methyl sites for hydroxylation is 1. The Hall–Kier alpha value is -3.07. The third-order valence-electron chi connectivity index (χ3n) is 5.20. The maximum Gasteiger partial charge on any atom is 0.338 e. The van der Waals surface area contributed by atoms with Gasteiger partial charge in [-0.05, 0) is 55.7 Å². The molecule has 2 aromatic carbocycles. The van der Waals surface area contributed by atoms with E-state index in [1.165, 1.54) is 30.7 Å². The monoisotopic (exact) mass is 447 g/mol. The lowest BCUT2D eigenvalue weighted by Crippen LogP contribution is -2.34. The van der Waals surface area contributed by atoms with Crippen molar-refractivity contribution in [1.29, 1.82) is 0 Å². The number of ketones is 1. The molecule has 1 aliphatic heterocycles. The molecule has 0 amide bonds. The quantitative estimate of drug-likeness (QED) is 0.475. The Bertz CT molecular complexity index is 1100. The first-order chi connectivity index (χ1) is 14.7. The second-order valence-electron chi connectivity index (χ2n) is 7.29. The van der Waals surface area contributed by atoms with E-state index in [4.69, 9.17) is 14.2 Å². The maximum atomic E-state index is 12.6. The number of esters is 1. The van der Waals surface area contributed by atoms with Crippen molar-refractivity contribution in [1.82, 2.24) is 0 Å². The van der Waals surface area contributed by atoms with Crippen LogP contribution in [0, 0.1) is 6.92 Å². The Morgan fingerprint density at radius 2 is 1.68 bits per heavy atom. The summed E-state index contributed by atoms with van der Waals surface area (Å²) in [6.45, 7) is 1.78. The summed E-state index contributed by atoms with van der Waals surface area (Å²) in [5.74, 6) is -0.102. The molecule has 0 fully saturated rings. The summed E-state index contributed by atoms with van der Waals surface area (Å²) in [5, 5.41) is 0. The minimum absolute atomic E-state index is 0.210. The second-order valence-corrected chi connectivity index (χ2v) is 9.19. The number of hydrogen-bond acceptors (Lipinski definition) is 7. The minimum atomic E-state index is -3.38. The number of ether oxygens (including phenoxy) is 3. The molecule has 9 heteroatoms. The van der Waals surface area contributed by atoms with Crippen LogP contribution in [0.4, 0.5) is 5.69 Å². The zero-order valence-corrected chi connectivity index (χ0v) is 18.7. The van der Waals surface area contributed by atoms with Crippen LogP contribution in [0.15, 0.2) is 30.3 Å². The zero-order valence-electron chi connectivity index (χ0n) is 17.9. The van der Waals surface area contributed by atoms with Gasteiger partial charge in [0.2, 0.25) is 10.0 Å². The fourth-order valence-corrected chi connectivity index (χ4v) is 4.58. The lowest BCUT2D eigenvalue weighted by molar-refractivity contribution is 0.0474. The van der Waals surface area contributed by atoms with Crippen LogP contribution in [-0.2, 0) is 21.2 Å². The van der Waals surface area contributed by atoms with E-state index < -0.39 is 22.6 Å². The highest BCUT2D eigenvalue weighted by Gasteiger charge is 2.25. The fourth-order valence-electron chi connectivity index (χ4n) is 3.58. The first-order valence-electron chi connectivity index (χ1n) is 9.69. The average Bonchev–Trinajstić information content (AvgIpc) is 2.75. The molecular weight excluding hydrogens is 422 g/mol. The van der Waals surface area contributed by atoms with Crippen LogP contribution in [0.5, 0.6) is 11.5 Å². The summed E-state index contributed by atoms with van der Waals surface area (Å²) in [6, 6.07) is 7.91. The highest BCUT2D eigenvalue weighted by Crippen LogP contribution is 2.31. The standard InChI is InChI=1S/C22H25NO7S/c1-14-20(28-2)11-17(12-21(14)29-3)22(25)30-13-19(24)16-7-8-18-15(10-16)6-5-9-23(18)31(4,26)27/h7-8,10-12H,5-6,9,13H2,1-4H3. The van der Waals surface area contributed by atoms with Crippen molar-refractivity contribution in [3.8, 4) is 11.5 Å². The predicted octanol–water partition coefficient (Wildman–Crippen LogP) is 2.76. The van der Waals surface area contributed by atoms with Gasteiger partial charge in [0.05, 0.1) is 31.7 Å². The van der Waals surface area contributed by atoms with Gasteiger partial charge in [0, 0.05) is 17.7 Å². The number of rotatable bonds is 7. The number of Topliss-reactive ketones (excluding diaryl/α,β-unsaturated/α-hetero) is 1. The van der Waals surface area contributed by atoms with Gasteiger partial charge >= 0.3 is 5.97 Å². The number of benzene rings is 2. The first-order valence-corrected chi connectivity index (χ1v) is 11.5. The summed E-state index contributed by atoms with van der Waals surface area (Å²) in [5.41, 5.74) is 2.68. The van der Waals surface area contributed by atoms with Crippen molar-refractivity contribution >= 4 is 27.5 Å². The Labute approximate surface area is 181 Å². The van der Waals surface area contributed by atoms with Gasteiger partial charge in [-0.3, -0.25) is 9.10 Å². The van der Waals surface area contributed by atoms with Crippen LogP contribution in [0.1, 0.15) is 38.3 Å². The molecule has 0 aromatic heterocycles. The summed E-state index contributed by atoms with van der Waals surface area (Å²) in [6.07, 6.45) is 2.50. The molecule has 0 atom stereocenters. The molecule has 0 bridgehead atoms. The number of nitrogens with zero attached hydrogens (tertiary/aromatic N) is 1. The third kappa shape index (κ3) is 4.82. The van der Waals surface area contributed by atoms with Crippen LogP contribution >= 0.6 is 0 Å². The molecule has 3 rings (SSSR count). The van der Waals surface area contributed by atoms with Crippen LogP contribution in [0.25, 0.3) is 0 Å². The van der Waals surface area contributed by atoms with Crippen molar-refractivity contribution in [3.63, 3.8) is 0 Å². The molecule has 8 nitrogen and oxygen atoms in total. The van der Waals surface area contributed by atoms with Gasteiger partial charge in [-0.2, -0.15) is 0 Å². The molecule has 0 saturated heterocycles. The SMILES string of the molecule is COc1cc(C(=O)OCC(=O)c2ccc3c(c2)CCCN3S(C)(=O)=O)cc(OC)c1C.